The minimum atomic E-state index is -3.84. The van der Waals surface area contributed by atoms with E-state index >= 15 is 0 Å². The summed E-state index contributed by atoms with van der Waals surface area (Å²) in [6.07, 6.45) is 0.371. The predicted octanol–water partition coefficient (Wildman–Crippen LogP) is 6.62. The van der Waals surface area contributed by atoms with Crippen molar-refractivity contribution < 1.29 is 39.8 Å². The third-order valence-corrected chi connectivity index (χ3v) is 23.2. The predicted molar refractivity (Wildman–Crippen MR) is 222 cm³/mol. The van der Waals surface area contributed by atoms with Gasteiger partial charge in [-0.1, -0.05) is 81.4 Å². The van der Waals surface area contributed by atoms with E-state index < -0.39 is 56.0 Å². The number of nitrogens with one attached hydrogen (secondary N) is 2. The lowest BCUT2D eigenvalue weighted by molar-refractivity contribution is -0.118. The van der Waals surface area contributed by atoms with Crippen LogP contribution in [0.5, 0.6) is 5.75 Å². The summed E-state index contributed by atoms with van der Waals surface area (Å²) in [5.41, 5.74) is 0.818. The zero-order chi connectivity index (χ0) is 41.4. The van der Waals surface area contributed by atoms with Gasteiger partial charge in [0.25, 0.3) is 15.7 Å². The Kier molecular flexibility index (Phi) is 13.7. The molecule has 1 amide bonds. The average Bonchev–Trinajstić information content (AvgIpc) is 3.65. The number of ether oxygens (including phenoxy) is 2. The summed E-state index contributed by atoms with van der Waals surface area (Å²) in [5.74, 6) is 0.442. The first kappa shape index (κ1) is 44.5. The molecule has 4 atom stereocenters. The van der Waals surface area contributed by atoms with Gasteiger partial charge in [-0.05, 0) is 46.3 Å². The number of anilines is 1. The number of aromatic amines is 1. The maximum absolute atomic E-state index is 13.4. The van der Waals surface area contributed by atoms with Gasteiger partial charge >= 0.3 is 17.1 Å². The van der Waals surface area contributed by atoms with E-state index in [0.29, 0.717) is 11.5 Å². The van der Waals surface area contributed by atoms with E-state index in [2.05, 4.69) is 70.7 Å². The van der Waals surface area contributed by atoms with Crippen molar-refractivity contribution in [3.05, 3.63) is 46.5 Å². The van der Waals surface area contributed by atoms with Crippen LogP contribution >= 0.6 is 11.8 Å². The van der Waals surface area contributed by atoms with E-state index in [-0.39, 0.29) is 70.7 Å². The highest BCUT2D eigenvalue weighted by Gasteiger charge is 2.66. The molecule has 2 aromatic heterocycles. The van der Waals surface area contributed by atoms with Crippen molar-refractivity contribution in [2.75, 3.05) is 31.9 Å². The number of rotatable bonds is 15. The molecule has 19 heteroatoms. The van der Waals surface area contributed by atoms with Crippen molar-refractivity contribution in [2.45, 2.75) is 127 Å². The summed E-state index contributed by atoms with van der Waals surface area (Å²) >= 11 is 1.55. The Bertz CT molecular complexity index is 1990. The Balaban J connectivity index is 1.77. The van der Waals surface area contributed by atoms with Gasteiger partial charge in [-0.25, -0.2) is 4.98 Å². The molecule has 0 aliphatic carbocycles. The van der Waals surface area contributed by atoms with Crippen LogP contribution in [0.4, 0.5) is 5.95 Å². The molecule has 312 valence electrons. The van der Waals surface area contributed by atoms with E-state index in [9.17, 15) is 18.0 Å². The number of carbonyl (C=O) groups excluding carboxylic acids is 1. The second-order valence-electron chi connectivity index (χ2n) is 16.3. The van der Waals surface area contributed by atoms with Gasteiger partial charge in [0.1, 0.15) is 11.9 Å². The van der Waals surface area contributed by atoms with Crippen LogP contribution in [-0.2, 0) is 42.6 Å². The maximum Gasteiger partial charge on any atom is 0.335 e. The van der Waals surface area contributed by atoms with Gasteiger partial charge in [-0.3, -0.25) is 28.6 Å². The quantitative estimate of drug-likeness (QED) is 0.123. The van der Waals surface area contributed by atoms with E-state index in [1.807, 2.05) is 24.3 Å². The van der Waals surface area contributed by atoms with Crippen LogP contribution in [0.15, 0.2) is 35.4 Å². The van der Waals surface area contributed by atoms with Gasteiger partial charge in [0.2, 0.25) is 11.9 Å². The third-order valence-electron chi connectivity index (χ3n) is 10.8. The number of imidazole rings is 1. The fourth-order valence-electron chi connectivity index (χ4n) is 7.74. The Morgan fingerprint density at radius 2 is 1.66 bits per heavy atom. The van der Waals surface area contributed by atoms with E-state index in [4.69, 9.17) is 31.6 Å². The molecule has 2 saturated heterocycles. The number of fused-ring (bicyclic) bond motifs is 2. The highest BCUT2D eigenvalue weighted by molar-refractivity contribution is 8.00. The zero-order valence-corrected chi connectivity index (χ0v) is 38.2. The number of aromatic nitrogens is 4. The van der Waals surface area contributed by atoms with E-state index in [1.165, 1.54) is 6.33 Å². The topological polar surface area (TPSA) is 182 Å². The van der Waals surface area contributed by atoms with Crippen molar-refractivity contribution in [1.29, 1.82) is 0 Å². The molecule has 2 aliphatic rings. The van der Waals surface area contributed by atoms with E-state index in [1.54, 1.807) is 37.3 Å². The number of hydrogen-bond acceptors (Lipinski definition) is 13. The van der Waals surface area contributed by atoms with Crippen LogP contribution in [0.3, 0.4) is 0 Å². The van der Waals surface area contributed by atoms with Crippen molar-refractivity contribution in [1.82, 2.24) is 19.5 Å². The number of H-pyrrole nitrogens is 1. The molecule has 2 fully saturated rings. The third kappa shape index (κ3) is 8.85. The highest BCUT2D eigenvalue weighted by atomic mass is 32.2. The van der Waals surface area contributed by atoms with Crippen molar-refractivity contribution in [3.63, 3.8) is 0 Å². The first-order chi connectivity index (χ1) is 26.2. The summed E-state index contributed by atoms with van der Waals surface area (Å²) in [6.45, 7) is 20.6. The molecule has 0 radical (unpaired) electrons. The van der Waals surface area contributed by atoms with Crippen LogP contribution in [0.2, 0.25) is 22.2 Å². The van der Waals surface area contributed by atoms with E-state index in [0.717, 1.165) is 11.8 Å². The fraction of sp³-hybridized carbons (Fsp3) is 0.676. The standard InChI is InChI=1S/C37H59N5O10S2Si2/c1-22(2)33(43)40-36-39-32-30(34(44)41-36)38-21-42(32)35-37(17-18-48-54(12,45)46,53-20-27-13-15-28(47-11)16-14-27)31-29(50-35)19-49-55(23(3)4,24(5)6)52-56(51-31,25(7)8)26(9)10/h13-16,21-26,29,31,35H,17-20H2,1-12H3,(H2,39,40,41,43,44)/t29-,31-,35-,37-/m1/s1. The molecule has 1 aromatic carbocycles. The lowest BCUT2D eigenvalue weighted by Crippen LogP contribution is -2.66. The van der Waals surface area contributed by atoms with Crippen LogP contribution in [-0.4, -0.2) is 94.5 Å². The van der Waals surface area contributed by atoms with Crippen LogP contribution in [0, 0.1) is 5.92 Å². The lowest BCUT2D eigenvalue weighted by Gasteiger charge is -2.52. The second-order valence-corrected chi connectivity index (χ2v) is 28.1. The largest absolute Gasteiger partial charge is 0.497 e. The molecular weight excluding hydrogens is 795 g/mol. The number of methoxy groups -OCH3 is 1. The Hall–Kier alpha value is -2.63. The Morgan fingerprint density at radius 3 is 2.21 bits per heavy atom. The molecule has 56 heavy (non-hydrogen) atoms. The number of hydrogen-bond donors (Lipinski definition) is 2. The summed E-state index contributed by atoms with van der Waals surface area (Å²) in [7, 11) is -8.44. The monoisotopic (exact) mass is 853 g/mol. The van der Waals surface area contributed by atoms with Crippen molar-refractivity contribution in [2.24, 2.45) is 5.92 Å². The molecule has 2 N–H and O–H groups in total. The van der Waals surface area contributed by atoms with Crippen molar-refractivity contribution >= 4 is 62.0 Å². The van der Waals surface area contributed by atoms with Crippen LogP contribution in [0.1, 0.15) is 87.4 Å². The summed E-state index contributed by atoms with van der Waals surface area (Å²) in [5, 5.41) is 2.70. The number of benzene rings is 1. The van der Waals surface area contributed by atoms with Gasteiger partial charge in [-0.2, -0.15) is 13.4 Å². The highest BCUT2D eigenvalue weighted by Crippen LogP contribution is 2.57. The number of thioether (sulfide) groups is 1. The molecule has 0 bridgehead atoms. The van der Waals surface area contributed by atoms with Crippen molar-refractivity contribution in [3.8, 4) is 5.75 Å². The molecule has 2 aliphatic heterocycles. The first-order valence-electron chi connectivity index (χ1n) is 19.3. The smallest absolute Gasteiger partial charge is 0.335 e. The molecular formula is C37H59N5O10S2Si2. The number of carbonyl (C=O) groups is 1. The van der Waals surface area contributed by atoms with Gasteiger partial charge in [0.05, 0.1) is 43.8 Å². The molecule has 0 spiro atoms. The fourth-order valence-corrected chi connectivity index (χ4v) is 21.0. The normalized spacial score (nSPS) is 23.9. The Labute approximate surface area is 336 Å². The zero-order valence-electron chi connectivity index (χ0n) is 34.6. The summed E-state index contributed by atoms with van der Waals surface area (Å²) in [4.78, 5) is 38.0. The van der Waals surface area contributed by atoms with Gasteiger partial charge in [-0.15, -0.1) is 11.8 Å². The number of amides is 1. The molecule has 3 aromatic rings. The first-order valence-corrected chi connectivity index (χ1v) is 26.0. The van der Waals surface area contributed by atoms with Gasteiger partial charge in [0, 0.05) is 11.7 Å². The molecule has 0 saturated carbocycles. The van der Waals surface area contributed by atoms with Crippen LogP contribution < -0.4 is 15.6 Å². The van der Waals surface area contributed by atoms with Crippen LogP contribution in [0.25, 0.3) is 11.2 Å². The van der Waals surface area contributed by atoms with Gasteiger partial charge < -0.3 is 22.4 Å². The molecule has 4 heterocycles. The summed E-state index contributed by atoms with van der Waals surface area (Å²) in [6, 6.07) is 7.73. The molecule has 15 nitrogen and oxygen atoms in total. The maximum atomic E-state index is 13.4. The van der Waals surface area contributed by atoms with Gasteiger partial charge in [0.15, 0.2) is 17.4 Å². The average molecular weight is 854 g/mol. The minimum absolute atomic E-state index is 0.00809. The second kappa shape index (κ2) is 17.3. The molecule has 0 unspecified atom stereocenters. The number of nitrogens with zero attached hydrogens (tertiary/aromatic N) is 3. The molecule has 5 rings (SSSR count). The SMILES string of the molecule is COc1ccc(CS[C@]2(CCOS(C)(=O)=O)[C@@H]3O[Si](C(C)C)(C(C)C)O[Si](C(C)C)(C(C)C)OC[C@H]3O[C@H]2n2cnc3c(=O)[nH]c(NC(=O)C(C)C)nc32)cc1. The Morgan fingerprint density at radius 1 is 1.04 bits per heavy atom. The summed E-state index contributed by atoms with van der Waals surface area (Å²) < 4.78 is 66.0. The minimum Gasteiger partial charge on any atom is -0.497 e. The lowest BCUT2D eigenvalue weighted by atomic mass is 9.95.